The van der Waals surface area contributed by atoms with E-state index in [9.17, 15) is 4.79 Å². The Morgan fingerprint density at radius 1 is 1.62 bits per heavy atom. The molecule has 1 aromatic rings. The monoisotopic (exact) mass is 239 g/mol. The summed E-state index contributed by atoms with van der Waals surface area (Å²) in [6.45, 7) is 5.29. The van der Waals surface area contributed by atoms with E-state index in [4.69, 9.17) is 0 Å². The Kier molecular flexibility index (Phi) is 3.56. The van der Waals surface area contributed by atoms with Crippen LogP contribution in [0.4, 0.5) is 5.13 Å². The van der Waals surface area contributed by atoms with E-state index in [-0.39, 0.29) is 0 Å². The van der Waals surface area contributed by atoms with E-state index in [1.165, 1.54) is 11.3 Å². The highest BCUT2D eigenvalue weighted by Crippen LogP contribution is 2.24. The third kappa shape index (κ3) is 2.25. The first-order chi connectivity index (χ1) is 7.74. The van der Waals surface area contributed by atoms with Gasteiger partial charge in [0.1, 0.15) is 0 Å². The number of hydrogen-bond donors (Lipinski definition) is 0. The predicted molar refractivity (Wildman–Crippen MR) is 66.4 cm³/mol. The molecule has 1 fully saturated rings. The molecule has 0 aromatic carbocycles. The lowest BCUT2D eigenvalue weighted by molar-refractivity contribution is 0.112. The summed E-state index contributed by atoms with van der Waals surface area (Å²) >= 11 is 1.48. The molecule has 16 heavy (non-hydrogen) atoms. The zero-order valence-corrected chi connectivity index (χ0v) is 10.5. The van der Waals surface area contributed by atoms with Crippen molar-refractivity contribution in [3.63, 3.8) is 0 Å². The molecule has 0 spiro atoms. The molecular weight excluding hydrogens is 222 g/mol. The maximum Gasteiger partial charge on any atom is 0.186 e. The third-order valence-electron chi connectivity index (χ3n) is 3.15. The van der Waals surface area contributed by atoms with Crippen molar-refractivity contribution in [2.75, 3.05) is 31.6 Å². The van der Waals surface area contributed by atoms with Crippen molar-refractivity contribution in [2.45, 2.75) is 19.4 Å². The van der Waals surface area contributed by atoms with Gasteiger partial charge in [-0.3, -0.25) is 9.69 Å². The number of likely N-dealkylation sites (N-methyl/N-ethyl adjacent to an activating group) is 1. The van der Waals surface area contributed by atoms with Gasteiger partial charge in [-0.1, -0.05) is 18.3 Å². The first-order valence-corrected chi connectivity index (χ1v) is 6.42. The van der Waals surface area contributed by atoms with Gasteiger partial charge in [0, 0.05) is 25.7 Å². The van der Waals surface area contributed by atoms with Crippen LogP contribution in [-0.4, -0.2) is 48.9 Å². The molecule has 0 aliphatic carbocycles. The highest BCUT2D eigenvalue weighted by Gasteiger charge is 2.24. The Labute approximate surface area is 99.9 Å². The molecule has 4 nitrogen and oxygen atoms in total. The lowest BCUT2D eigenvalue weighted by Crippen LogP contribution is -2.51. The van der Waals surface area contributed by atoms with Crippen LogP contribution >= 0.6 is 11.3 Å². The van der Waals surface area contributed by atoms with Gasteiger partial charge < -0.3 is 4.90 Å². The average Bonchev–Trinajstić information content (AvgIpc) is 2.78. The summed E-state index contributed by atoms with van der Waals surface area (Å²) in [7, 11) is 2.17. The van der Waals surface area contributed by atoms with Gasteiger partial charge in [0.2, 0.25) is 0 Å². The van der Waals surface area contributed by atoms with Crippen molar-refractivity contribution in [3.8, 4) is 0 Å². The maximum atomic E-state index is 10.6. The maximum absolute atomic E-state index is 10.6. The molecule has 5 heteroatoms. The number of thiazole rings is 1. The Balaban J connectivity index is 2.07. The molecule has 88 valence electrons. The van der Waals surface area contributed by atoms with Crippen LogP contribution < -0.4 is 4.90 Å². The molecule has 2 rings (SSSR count). The number of rotatable bonds is 3. The molecular formula is C11H17N3OS. The summed E-state index contributed by atoms with van der Waals surface area (Å²) in [6.07, 6.45) is 3.68. The van der Waals surface area contributed by atoms with Crippen molar-refractivity contribution in [2.24, 2.45) is 0 Å². The number of piperazine rings is 1. The zero-order valence-electron chi connectivity index (χ0n) is 9.72. The summed E-state index contributed by atoms with van der Waals surface area (Å²) in [4.78, 5) is 20.3. The molecule has 1 atom stereocenters. The summed E-state index contributed by atoms with van der Waals surface area (Å²) in [6, 6.07) is 0.595. The molecule has 0 bridgehead atoms. The minimum absolute atomic E-state index is 0.595. The van der Waals surface area contributed by atoms with E-state index < -0.39 is 0 Å². The second-order valence-electron chi connectivity index (χ2n) is 4.15. The second-order valence-corrected chi connectivity index (χ2v) is 5.19. The highest BCUT2D eigenvalue weighted by molar-refractivity contribution is 7.17. The van der Waals surface area contributed by atoms with Gasteiger partial charge in [-0.25, -0.2) is 4.98 Å². The molecule has 1 aliphatic rings. The fourth-order valence-corrected chi connectivity index (χ4v) is 2.80. The van der Waals surface area contributed by atoms with Crippen LogP contribution in [0, 0.1) is 0 Å². The van der Waals surface area contributed by atoms with E-state index in [0.717, 1.165) is 37.5 Å². The molecule has 1 unspecified atom stereocenters. The van der Waals surface area contributed by atoms with Gasteiger partial charge in [0.25, 0.3) is 0 Å². The molecule has 2 heterocycles. The molecule has 0 amide bonds. The lowest BCUT2D eigenvalue weighted by Gasteiger charge is -2.38. The number of aromatic nitrogens is 1. The van der Waals surface area contributed by atoms with Gasteiger partial charge in [0.05, 0.1) is 11.1 Å². The van der Waals surface area contributed by atoms with Gasteiger partial charge in [-0.15, -0.1) is 0 Å². The Bertz CT molecular complexity index is 366. The number of anilines is 1. The van der Waals surface area contributed by atoms with Crippen LogP contribution in [0.25, 0.3) is 0 Å². The zero-order chi connectivity index (χ0) is 11.5. The topological polar surface area (TPSA) is 36.4 Å². The normalized spacial score (nSPS) is 22.4. The van der Waals surface area contributed by atoms with Gasteiger partial charge >= 0.3 is 0 Å². The van der Waals surface area contributed by atoms with Crippen molar-refractivity contribution in [3.05, 3.63) is 11.1 Å². The smallest absolute Gasteiger partial charge is 0.186 e. The summed E-state index contributed by atoms with van der Waals surface area (Å²) < 4.78 is 0. The van der Waals surface area contributed by atoms with E-state index in [0.29, 0.717) is 10.9 Å². The van der Waals surface area contributed by atoms with Crippen LogP contribution in [0.1, 0.15) is 23.0 Å². The lowest BCUT2D eigenvalue weighted by atomic mass is 10.1. The van der Waals surface area contributed by atoms with E-state index >= 15 is 0 Å². The first-order valence-electron chi connectivity index (χ1n) is 5.60. The quantitative estimate of drug-likeness (QED) is 0.749. The molecule has 1 aromatic heterocycles. The number of carbonyl (C=O) groups is 1. The van der Waals surface area contributed by atoms with Crippen LogP contribution in [0.5, 0.6) is 0 Å². The fourth-order valence-electron chi connectivity index (χ4n) is 2.04. The van der Waals surface area contributed by atoms with Crippen LogP contribution in [0.2, 0.25) is 0 Å². The molecule has 0 saturated carbocycles. The van der Waals surface area contributed by atoms with E-state index in [1.54, 1.807) is 6.20 Å². The number of hydrogen-bond acceptors (Lipinski definition) is 5. The number of aldehydes is 1. The van der Waals surface area contributed by atoms with Gasteiger partial charge in [-0.05, 0) is 13.5 Å². The minimum Gasteiger partial charge on any atom is -0.345 e. The third-order valence-corrected chi connectivity index (χ3v) is 4.13. The SMILES string of the molecule is CCC1CN(c2ncc(C=O)s2)CCN1C. The molecule has 0 N–H and O–H groups in total. The first kappa shape index (κ1) is 11.5. The minimum atomic E-state index is 0.595. The summed E-state index contributed by atoms with van der Waals surface area (Å²) in [5, 5.41) is 0.980. The Hall–Kier alpha value is -0.940. The van der Waals surface area contributed by atoms with Crippen molar-refractivity contribution in [1.29, 1.82) is 0 Å². The number of nitrogens with zero attached hydrogens (tertiary/aromatic N) is 3. The van der Waals surface area contributed by atoms with Gasteiger partial charge in [-0.2, -0.15) is 0 Å². The highest BCUT2D eigenvalue weighted by atomic mass is 32.1. The van der Waals surface area contributed by atoms with Crippen molar-refractivity contribution >= 4 is 22.8 Å². The Morgan fingerprint density at radius 3 is 3.06 bits per heavy atom. The fraction of sp³-hybridized carbons (Fsp3) is 0.636. The number of carbonyl (C=O) groups excluding carboxylic acids is 1. The van der Waals surface area contributed by atoms with E-state index in [1.807, 2.05) is 0 Å². The largest absolute Gasteiger partial charge is 0.345 e. The van der Waals surface area contributed by atoms with Crippen molar-refractivity contribution < 1.29 is 4.79 Å². The van der Waals surface area contributed by atoms with E-state index in [2.05, 4.69) is 28.8 Å². The average molecular weight is 239 g/mol. The second kappa shape index (κ2) is 4.93. The molecule has 1 saturated heterocycles. The molecule has 1 aliphatic heterocycles. The van der Waals surface area contributed by atoms with Crippen LogP contribution in [-0.2, 0) is 0 Å². The Morgan fingerprint density at radius 2 is 2.44 bits per heavy atom. The standard InChI is InChI=1S/C11H17N3OS/c1-3-9-7-14(5-4-13(9)2)11-12-6-10(8-15)16-11/h6,8-9H,3-5,7H2,1-2H3. The molecule has 0 radical (unpaired) electrons. The van der Waals surface area contributed by atoms with Crippen LogP contribution in [0.15, 0.2) is 6.20 Å². The predicted octanol–water partition coefficient (Wildman–Crippen LogP) is 1.49. The van der Waals surface area contributed by atoms with Crippen molar-refractivity contribution in [1.82, 2.24) is 9.88 Å². The summed E-state index contributed by atoms with van der Waals surface area (Å²) in [5.74, 6) is 0. The van der Waals surface area contributed by atoms with Gasteiger partial charge in [0.15, 0.2) is 11.4 Å². The summed E-state index contributed by atoms with van der Waals surface area (Å²) in [5.41, 5.74) is 0. The van der Waals surface area contributed by atoms with Crippen LogP contribution in [0.3, 0.4) is 0 Å².